The van der Waals surface area contributed by atoms with E-state index in [4.69, 9.17) is 10.9 Å². The molecule has 0 saturated carbocycles. The molecule has 9 heteroatoms. The largest absolute Gasteiger partial charge is 0.369 e. The van der Waals surface area contributed by atoms with Crippen molar-refractivity contribution in [3.63, 3.8) is 0 Å². The summed E-state index contributed by atoms with van der Waals surface area (Å²) in [6.07, 6.45) is 3.12. The zero-order valence-corrected chi connectivity index (χ0v) is 15.2. The lowest BCUT2D eigenvalue weighted by atomic mass is 9.89. The first-order chi connectivity index (χ1) is 12.7. The van der Waals surface area contributed by atoms with E-state index >= 15 is 0 Å². The van der Waals surface area contributed by atoms with E-state index in [0.29, 0.717) is 11.1 Å². The van der Waals surface area contributed by atoms with E-state index in [1.165, 1.54) is 47.3 Å². The molecule has 7 nitrogen and oxygen atoms in total. The van der Waals surface area contributed by atoms with Crippen molar-refractivity contribution in [1.29, 1.82) is 0 Å². The minimum atomic E-state index is -4.13. The van der Waals surface area contributed by atoms with Gasteiger partial charge in [0.05, 0.1) is 17.0 Å². The lowest BCUT2D eigenvalue weighted by Crippen LogP contribution is -2.24. The average molecular weight is 388 g/mol. The van der Waals surface area contributed by atoms with Gasteiger partial charge in [-0.15, -0.1) is 0 Å². The van der Waals surface area contributed by atoms with E-state index < -0.39 is 27.7 Å². The third-order valence-corrected chi connectivity index (χ3v) is 5.11. The van der Waals surface area contributed by atoms with Gasteiger partial charge in [0.25, 0.3) is 0 Å². The average Bonchev–Trinajstić information content (AvgIpc) is 3.02. The van der Waals surface area contributed by atoms with Crippen LogP contribution in [0.2, 0.25) is 0 Å². The highest BCUT2D eigenvalue weighted by molar-refractivity contribution is 7.89. The van der Waals surface area contributed by atoms with E-state index in [1.807, 2.05) is 0 Å². The molecule has 0 aliphatic rings. The summed E-state index contributed by atoms with van der Waals surface area (Å²) in [5, 5.41) is 9.39. The summed E-state index contributed by atoms with van der Waals surface area (Å²) in [7, 11) is -2.44. The minimum absolute atomic E-state index is 0.0551. The van der Waals surface area contributed by atoms with Crippen LogP contribution in [0.25, 0.3) is 11.1 Å². The van der Waals surface area contributed by atoms with Crippen molar-refractivity contribution < 1.29 is 17.6 Å². The van der Waals surface area contributed by atoms with Gasteiger partial charge in [-0.05, 0) is 17.7 Å². The van der Waals surface area contributed by atoms with Crippen LogP contribution in [-0.4, -0.2) is 24.1 Å². The smallest absolute Gasteiger partial charge is 0.238 e. The Balaban J connectivity index is 2.22. The summed E-state index contributed by atoms with van der Waals surface area (Å²) in [6.45, 7) is 0. The Kier molecular flexibility index (Phi) is 4.81. The van der Waals surface area contributed by atoms with Crippen molar-refractivity contribution in [3.05, 3.63) is 71.8 Å². The Morgan fingerprint density at radius 1 is 1.22 bits per heavy atom. The van der Waals surface area contributed by atoms with Crippen LogP contribution in [-0.2, 0) is 21.9 Å². The summed E-state index contributed by atoms with van der Waals surface area (Å²) in [5.74, 6) is -2.58. The Labute approximate surface area is 155 Å². The van der Waals surface area contributed by atoms with E-state index in [1.54, 1.807) is 19.3 Å². The van der Waals surface area contributed by atoms with Crippen LogP contribution < -0.4 is 10.9 Å². The van der Waals surface area contributed by atoms with Crippen molar-refractivity contribution in [2.45, 2.75) is 10.8 Å². The lowest BCUT2D eigenvalue weighted by molar-refractivity contribution is -0.118. The van der Waals surface area contributed by atoms with Gasteiger partial charge >= 0.3 is 0 Å². The van der Waals surface area contributed by atoms with Gasteiger partial charge in [0.15, 0.2) is 0 Å². The van der Waals surface area contributed by atoms with E-state index in [2.05, 4.69) is 5.10 Å². The molecule has 1 unspecified atom stereocenters. The van der Waals surface area contributed by atoms with Gasteiger partial charge in [-0.25, -0.2) is 17.9 Å². The number of sulfonamides is 1. The number of hydrogen-bond donors (Lipinski definition) is 2. The number of nitrogens with zero attached hydrogens (tertiary/aromatic N) is 2. The van der Waals surface area contributed by atoms with Crippen molar-refractivity contribution in [3.8, 4) is 11.1 Å². The first-order valence-electron chi connectivity index (χ1n) is 7.88. The van der Waals surface area contributed by atoms with Crippen LogP contribution in [0.3, 0.4) is 0 Å². The number of benzene rings is 2. The molecule has 0 radical (unpaired) electrons. The van der Waals surface area contributed by atoms with Crippen LogP contribution >= 0.6 is 0 Å². The van der Waals surface area contributed by atoms with Crippen molar-refractivity contribution >= 4 is 15.9 Å². The first kappa shape index (κ1) is 18.7. The molecule has 0 fully saturated rings. The standard InChI is InChI=1S/C18H17FN4O3S/c1-23-10-12(9-22-23)13-7-6-11(8-16(13)27(21,25)26)17(18(20)24)14-4-2-3-5-15(14)19/h2-10,17H,1H3,(H2,20,24)(H2,21,25,26). The molecule has 3 aromatic rings. The number of nitrogens with two attached hydrogens (primary N) is 2. The Hall–Kier alpha value is -3.04. The second kappa shape index (κ2) is 6.93. The molecule has 27 heavy (non-hydrogen) atoms. The number of primary amides is 1. The molecule has 0 aliphatic carbocycles. The van der Waals surface area contributed by atoms with Gasteiger partial charge < -0.3 is 5.73 Å². The van der Waals surface area contributed by atoms with Crippen molar-refractivity contribution in [1.82, 2.24) is 9.78 Å². The summed E-state index contributed by atoms with van der Waals surface area (Å²) in [5.41, 5.74) is 6.62. The van der Waals surface area contributed by atoms with Crippen LogP contribution in [0, 0.1) is 5.82 Å². The molecule has 2 aromatic carbocycles. The van der Waals surface area contributed by atoms with Gasteiger partial charge in [-0.3, -0.25) is 9.48 Å². The number of aryl methyl sites for hydroxylation is 1. The molecule has 0 bridgehead atoms. The molecule has 1 amide bonds. The maximum atomic E-state index is 14.2. The number of carbonyl (C=O) groups excluding carboxylic acids is 1. The van der Waals surface area contributed by atoms with Gasteiger partial charge in [-0.2, -0.15) is 5.10 Å². The number of amides is 1. The van der Waals surface area contributed by atoms with Crippen LogP contribution in [0.5, 0.6) is 0 Å². The highest BCUT2D eigenvalue weighted by atomic mass is 32.2. The second-order valence-electron chi connectivity index (χ2n) is 6.06. The highest BCUT2D eigenvalue weighted by Gasteiger charge is 2.26. The fourth-order valence-corrected chi connectivity index (χ4v) is 3.75. The summed E-state index contributed by atoms with van der Waals surface area (Å²) in [6, 6.07) is 9.96. The van der Waals surface area contributed by atoms with Gasteiger partial charge in [0, 0.05) is 29.9 Å². The molecule has 0 spiro atoms. The molecular weight excluding hydrogens is 371 g/mol. The summed E-state index contributed by atoms with van der Waals surface area (Å²) in [4.78, 5) is 11.8. The second-order valence-corrected chi connectivity index (χ2v) is 7.59. The minimum Gasteiger partial charge on any atom is -0.369 e. The maximum absolute atomic E-state index is 14.2. The number of primary sulfonamides is 1. The Bertz CT molecular complexity index is 1130. The third kappa shape index (κ3) is 3.74. The van der Waals surface area contributed by atoms with Crippen LogP contribution in [0.4, 0.5) is 4.39 Å². The monoisotopic (exact) mass is 388 g/mol. The van der Waals surface area contributed by atoms with E-state index in [0.717, 1.165) is 0 Å². The number of aromatic nitrogens is 2. The summed E-state index contributed by atoms with van der Waals surface area (Å²) >= 11 is 0. The SMILES string of the molecule is Cn1cc(-c2ccc(C(C(N)=O)c3ccccc3F)cc2S(N)(=O)=O)cn1. The predicted molar refractivity (Wildman–Crippen MR) is 97.5 cm³/mol. The molecular formula is C18H17FN4O3S. The maximum Gasteiger partial charge on any atom is 0.238 e. The third-order valence-electron chi connectivity index (χ3n) is 4.16. The van der Waals surface area contributed by atoms with Gasteiger partial charge in [0.2, 0.25) is 15.9 Å². The topological polar surface area (TPSA) is 121 Å². The van der Waals surface area contributed by atoms with Crippen LogP contribution in [0.15, 0.2) is 59.8 Å². The number of rotatable bonds is 5. The number of carbonyl (C=O) groups is 1. The first-order valence-corrected chi connectivity index (χ1v) is 9.42. The molecule has 1 heterocycles. The Morgan fingerprint density at radius 2 is 1.93 bits per heavy atom. The molecule has 140 valence electrons. The summed E-state index contributed by atoms with van der Waals surface area (Å²) < 4.78 is 40.0. The Morgan fingerprint density at radius 3 is 2.48 bits per heavy atom. The number of halogens is 1. The van der Waals surface area contributed by atoms with Gasteiger partial charge in [-0.1, -0.05) is 30.3 Å². The quantitative estimate of drug-likeness (QED) is 0.688. The fourth-order valence-electron chi connectivity index (χ4n) is 2.96. The fraction of sp³-hybridized carbons (Fsp3) is 0.111. The molecule has 1 atom stereocenters. The predicted octanol–water partition coefficient (Wildman–Crippen LogP) is 1.49. The highest BCUT2D eigenvalue weighted by Crippen LogP contribution is 2.33. The molecule has 0 saturated heterocycles. The zero-order chi connectivity index (χ0) is 19.8. The lowest BCUT2D eigenvalue weighted by Gasteiger charge is -2.17. The van der Waals surface area contributed by atoms with E-state index in [9.17, 15) is 17.6 Å². The molecule has 3 rings (SSSR count). The van der Waals surface area contributed by atoms with Crippen molar-refractivity contribution in [2.75, 3.05) is 0 Å². The number of hydrogen-bond acceptors (Lipinski definition) is 4. The molecule has 1 aromatic heterocycles. The normalized spacial score (nSPS) is 12.7. The molecule has 4 N–H and O–H groups in total. The van der Waals surface area contributed by atoms with Crippen LogP contribution in [0.1, 0.15) is 17.0 Å². The molecule has 0 aliphatic heterocycles. The van der Waals surface area contributed by atoms with Gasteiger partial charge in [0.1, 0.15) is 5.82 Å². The van der Waals surface area contributed by atoms with Crippen molar-refractivity contribution in [2.24, 2.45) is 17.9 Å². The van der Waals surface area contributed by atoms with E-state index in [-0.39, 0.29) is 16.0 Å². The zero-order valence-electron chi connectivity index (χ0n) is 14.3.